The molecule has 3 aromatic rings. The standard InChI is InChI=1S/C17H16N2O2S/c1-19(13-14-6-5-11-18-12-14)22(20,21)17-10-4-8-15-7-2-3-9-16(15)17/h2-12H,13H2,1H3. The lowest BCUT2D eigenvalue weighted by Gasteiger charge is -2.18. The predicted molar refractivity (Wildman–Crippen MR) is 86.8 cm³/mol. The van der Waals surface area contributed by atoms with Gasteiger partial charge in [-0.25, -0.2) is 8.42 Å². The van der Waals surface area contributed by atoms with Gasteiger partial charge in [-0.3, -0.25) is 4.98 Å². The minimum atomic E-state index is -3.56. The molecule has 0 radical (unpaired) electrons. The average molecular weight is 312 g/mol. The number of pyridine rings is 1. The first-order valence-corrected chi connectivity index (χ1v) is 8.36. The molecule has 22 heavy (non-hydrogen) atoms. The third kappa shape index (κ3) is 2.73. The molecule has 0 spiro atoms. The monoisotopic (exact) mass is 312 g/mol. The van der Waals surface area contributed by atoms with Crippen LogP contribution in [0.4, 0.5) is 0 Å². The minimum Gasteiger partial charge on any atom is -0.264 e. The van der Waals surface area contributed by atoms with Crippen LogP contribution in [0.5, 0.6) is 0 Å². The van der Waals surface area contributed by atoms with E-state index in [-0.39, 0.29) is 0 Å². The maximum atomic E-state index is 12.9. The molecule has 1 heterocycles. The van der Waals surface area contributed by atoms with Crippen LogP contribution in [0.3, 0.4) is 0 Å². The molecule has 5 heteroatoms. The zero-order valence-electron chi connectivity index (χ0n) is 12.2. The Kier molecular flexibility index (Phi) is 3.92. The molecule has 112 valence electrons. The van der Waals surface area contributed by atoms with E-state index in [0.29, 0.717) is 11.4 Å². The van der Waals surface area contributed by atoms with E-state index < -0.39 is 10.0 Å². The molecule has 2 aromatic carbocycles. The van der Waals surface area contributed by atoms with Crippen molar-refractivity contribution in [3.63, 3.8) is 0 Å². The van der Waals surface area contributed by atoms with E-state index in [4.69, 9.17) is 0 Å². The zero-order valence-corrected chi connectivity index (χ0v) is 13.0. The van der Waals surface area contributed by atoms with Gasteiger partial charge in [0.25, 0.3) is 0 Å². The van der Waals surface area contributed by atoms with Crippen LogP contribution >= 0.6 is 0 Å². The first-order chi connectivity index (χ1) is 10.6. The van der Waals surface area contributed by atoms with Gasteiger partial charge in [0, 0.05) is 31.4 Å². The fourth-order valence-electron chi connectivity index (χ4n) is 2.42. The van der Waals surface area contributed by atoms with Crippen LogP contribution in [0.1, 0.15) is 5.56 Å². The number of hydrogen-bond acceptors (Lipinski definition) is 3. The highest BCUT2D eigenvalue weighted by atomic mass is 32.2. The Morgan fingerprint density at radius 3 is 2.55 bits per heavy atom. The molecule has 0 bridgehead atoms. The largest absolute Gasteiger partial charge is 0.264 e. The van der Waals surface area contributed by atoms with Gasteiger partial charge in [0.2, 0.25) is 10.0 Å². The Bertz CT molecular complexity index is 887. The Labute approximate surface area is 130 Å². The van der Waals surface area contributed by atoms with Gasteiger partial charge in [-0.2, -0.15) is 4.31 Å². The quantitative estimate of drug-likeness (QED) is 0.744. The van der Waals surface area contributed by atoms with Gasteiger partial charge in [0.15, 0.2) is 0 Å². The van der Waals surface area contributed by atoms with Crippen molar-refractivity contribution >= 4 is 20.8 Å². The van der Waals surface area contributed by atoms with Gasteiger partial charge in [-0.15, -0.1) is 0 Å². The van der Waals surface area contributed by atoms with Gasteiger partial charge < -0.3 is 0 Å². The average Bonchev–Trinajstić information content (AvgIpc) is 2.55. The molecule has 1 aromatic heterocycles. The molecule has 0 amide bonds. The Morgan fingerprint density at radius 2 is 1.77 bits per heavy atom. The van der Waals surface area contributed by atoms with E-state index in [0.717, 1.165) is 16.3 Å². The molecule has 0 unspecified atom stereocenters. The molecule has 0 saturated carbocycles. The smallest absolute Gasteiger partial charge is 0.243 e. The summed E-state index contributed by atoms with van der Waals surface area (Å²) in [6.07, 6.45) is 3.35. The van der Waals surface area contributed by atoms with Gasteiger partial charge >= 0.3 is 0 Å². The number of fused-ring (bicyclic) bond motifs is 1. The van der Waals surface area contributed by atoms with E-state index in [2.05, 4.69) is 4.98 Å². The Balaban J connectivity index is 2.01. The molecular formula is C17H16N2O2S. The molecule has 0 aliphatic heterocycles. The number of rotatable bonds is 4. The lowest BCUT2D eigenvalue weighted by molar-refractivity contribution is 0.467. The first-order valence-electron chi connectivity index (χ1n) is 6.92. The van der Waals surface area contributed by atoms with Gasteiger partial charge in [0.05, 0.1) is 4.90 Å². The normalized spacial score (nSPS) is 11.9. The summed E-state index contributed by atoms with van der Waals surface area (Å²) in [6, 6.07) is 16.5. The summed E-state index contributed by atoms with van der Waals surface area (Å²) in [7, 11) is -1.97. The highest BCUT2D eigenvalue weighted by Crippen LogP contribution is 2.25. The highest BCUT2D eigenvalue weighted by Gasteiger charge is 2.22. The number of aromatic nitrogens is 1. The summed E-state index contributed by atoms with van der Waals surface area (Å²) < 4.78 is 27.1. The maximum Gasteiger partial charge on any atom is 0.243 e. The fraction of sp³-hybridized carbons (Fsp3) is 0.118. The van der Waals surface area contributed by atoms with E-state index in [9.17, 15) is 8.42 Å². The van der Waals surface area contributed by atoms with Crippen LogP contribution in [0.2, 0.25) is 0 Å². The summed E-state index contributed by atoms with van der Waals surface area (Å²) in [5.41, 5.74) is 0.855. The topological polar surface area (TPSA) is 50.3 Å². The minimum absolute atomic E-state index is 0.291. The summed E-state index contributed by atoms with van der Waals surface area (Å²) in [6.45, 7) is 0.291. The molecule has 3 rings (SSSR count). The molecule has 0 aliphatic rings. The lowest BCUT2D eigenvalue weighted by Crippen LogP contribution is -2.26. The molecule has 0 fully saturated rings. The Morgan fingerprint density at radius 1 is 1.00 bits per heavy atom. The predicted octanol–water partition coefficient (Wildman–Crippen LogP) is 3.06. The third-order valence-corrected chi connectivity index (χ3v) is 5.43. The van der Waals surface area contributed by atoms with Gasteiger partial charge in [0.1, 0.15) is 0 Å². The second-order valence-corrected chi connectivity index (χ2v) is 7.11. The first kappa shape index (κ1) is 14.7. The number of nitrogens with zero attached hydrogens (tertiary/aromatic N) is 2. The van der Waals surface area contributed by atoms with Crippen LogP contribution in [0.25, 0.3) is 10.8 Å². The number of benzene rings is 2. The van der Waals surface area contributed by atoms with E-state index in [1.54, 1.807) is 37.6 Å². The van der Waals surface area contributed by atoms with Crippen molar-refractivity contribution in [2.75, 3.05) is 7.05 Å². The number of hydrogen-bond donors (Lipinski definition) is 0. The van der Waals surface area contributed by atoms with Crippen LogP contribution < -0.4 is 0 Å². The summed E-state index contributed by atoms with van der Waals surface area (Å²) in [5, 5.41) is 1.65. The van der Waals surface area contributed by atoms with Gasteiger partial charge in [-0.1, -0.05) is 42.5 Å². The zero-order chi connectivity index (χ0) is 15.6. The lowest BCUT2D eigenvalue weighted by atomic mass is 10.1. The van der Waals surface area contributed by atoms with Crippen molar-refractivity contribution in [3.8, 4) is 0 Å². The van der Waals surface area contributed by atoms with Crippen LogP contribution in [0, 0.1) is 0 Å². The van der Waals surface area contributed by atoms with Crippen LogP contribution in [-0.2, 0) is 16.6 Å². The van der Waals surface area contributed by atoms with E-state index >= 15 is 0 Å². The van der Waals surface area contributed by atoms with Gasteiger partial charge in [-0.05, 0) is 23.1 Å². The van der Waals surface area contributed by atoms with Crippen LogP contribution in [0.15, 0.2) is 71.9 Å². The highest BCUT2D eigenvalue weighted by molar-refractivity contribution is 7.89. The molecule has 0 aliphatic carbocycles. The third-order valence-electron chi connectivity index (χ3n) is 3.57. The molecule has 0 saturated heterocycles. The summed E-state index contributed by atoms with van der Waals surface area (Å²) >= 11 is 0. The SMILES string of the molecule is CN(Cc1cccnc1)S(=O)(=O)c1cccc2ccccc12. The van der Waals surface area contributed by atoms with E-state index in [1.165, 1.54) is 4.31 Å². The van der Waals surface area contributed by atoms with Crippen molar-refractivity contribution in [2.45, 2.75) is 11.4 Å². The summed E-state index contributed by atoms with van der Waals surface area (Å²) in [4.78, 5) is 4.35. The molecule has 0 N–H and O–H groups in total. The summed E-state index contributed by atoms with van der Waals surface area (Å²) in [5.74, 6) is 0. The molecule has 0 atom stereocenters. The fourth-order valence-corrected chi connectivity index (χ4v) is 3.79. The van der Waals surface area contributed by atoms with E-state index in [1.807, 2.05) is 36.4 Å². The van der Waals surface area contributed by atoms with Crippen molar-refractivity contribution in [1.29, 1.82) is 0 Å². The van der Waals surface area contributed by atoms with Crippen LogP contribution in [-0.4, -0.2) is 24.8 Å². The second-order valence-electron chi connectivity index (χ2n) is 5.10. The van der Waals surface area contributed by atoms with Crippen molar-refractivity contribution in [2.24, 2.45) is 0 Å². The second kappa shape index (κ2) is 5.87. The molecule has 4 nitrogen and oxygen atoms in total. The van der Waals surface area contributed by atoms with Crippen molar-refractivity contribution in [3.05, 3.63) is 72.6 Å². The van der Waals surface area contributed by atoms with Crippen molar-refractivity contribution in [1.82, 2.24) is 9.29 Å². The number of sulfonamides is 1. The van der Waals surface area contributed by atoms with Crippen molar-refractivity contribution < 1.29 is 8.42 Å². The Hall–Kier alpha value is -2.24. The molecular weight excluding hydrogens is 296 g/mol. The maximum absolute atomic E-state index is 12.9.